The molecule has 0 bridgehead atoms. The van der Waals surface area contributed by atoms with Crippen LogP contribution in [0.25, 0.3) is 0 Å². The molecule has 112 valence electrons. The Morgan fingerprint density at radius 1 is 1.40 bits per heavy atom. The van der Waals surface area contributed by atoms with E-state index in [-0.39, 0.29) is 12.6 Å². The summed E-state index contributed by atoms with van der Waals surface area (Å²) in [5.74, 6) is 0.404. The van der Waals surface area contributed by atoms with E-state index in [1.807, 2.05) is 0 Å². The van der Waals surface area contributed by atoms with Gasteiger partial charge < -0.3 is 10.4 Å². The lowest BCUT2D eigenvalue weighted by atomic mass is 9.80. The molecule has 1 aliphatic rings. The predicted octanol–water partition coefficient (Wildman–Crippen LogP) is 2.48. The van der Waals surface area contributed by atoms with Crippen LogP contribution >= 0.6 is 11.3 Å². The maximum atomic E-state index is 11.7. The number of nitrogens with zero attached hydrogens (tertiary/aromatic N) is 2. The van der Waals surface area contributed by atoms with Crippen LogP contribution in [0.5, 0.6) is 0 Å². The normalized spacial score (nSPS) is 16.8. The van der Waals surface area contributed by atoms with Crippen LogP contribution in [0.2, 0.25) is 0 Å². The molecule has 3 N–H and O–H groups in total. The number of hydrogen-bond donors (Lipinski definition) is 3. The van der Waals surface area contributed by atoms with Crippen LogP contribution in [0.1, 0.15) is 56.9 Å². The molecule has 0 radical (unpaired) electrons. The van der Waals surface area contributed by atoms with Crippen LogP contribution in [0.3, 0.4) is 0 Å². The maximum absolute atomic E-state index is 11.7. The van der Waals surface area contributed by atoms with Crippen molar-refractivity contribution >= 4 is 22.5 Å². The molecule has 1 heterocycles. The average molecular weight is 298 g/mol. The van der Waals surface area contributed by atoms with Gasteiger partial charge in [0.05, 0.1) is 5.60 Å². The number of hydrogen-bond acceptors (Lipinski definition) is 5. The van der Waals surface area contributed by atoms with Crippen LogP contribution in [-0.2, 0) is 0 Å². The molecular formula is C13H22N4O2S. The smallest absolute Gasteiger partial charge is 0.321 e. The van der Waals surface area contributed by atoms with E-state index in [1.54, 1.807) is 0 Å². The van der Waals surface area contributed by atoms with Gasteiger partial charge in [-0.1, -0.05) is 25.2 Å². The number of rotatable bonds is 6. The Balaban J connectivity index is 1.82. The Labute approximate surface area is 123 Å². The largest absolute Gasteiger partial charge is 0.388 e. The van der Waals surface area contributed by atoms with Gasteiger partial charge in [-0.05, 0) is 32.1 Å². The van der Waals surface area contributed by atoms with Crippen molar-refractivity contribution in [3.05, 3.63) is 5.01 Å². The summed E-state index contributed by atoms with van der Waals surface area (Å²) in [5.41, 5.74) is -0.709. The third kappa shape index (κ3) is 3.67. The molecule has 0 atom stereocenters. The van der Waals surface area contributed by atoms with Crippen molar-refractivity contribution < 1.29 is 9.90 Å². The molecule has 1 aromatic rings. The summed E-state index contributed by atoms with van der Waals surface area (Å²) in [4.78, 5) is 11.7. The minimum atomic E-state index is -0.709. The molecule has 0 aromatic carbocycles. The number of urea groups is 1. The molecule has 7 heteroatoms. The third-order valence-electron chi connectivity index (χ3n) is 3.86. The molecule has 0 spiro atoms. The lowest BCUT2D eigenvalue weighted by Crippen LogP contribution is -2.48. The average Bonchev–Trinajstić information content (AvgIpc) is 2.84. The molecular weight excluding hydrogens is 276 g/mol. The molecule has 1 fully saturated rings. The highest BCUT2D eigenvalue weighted by atomic mass is 32.1. The highest BCUT2D eigenvalue weighted by Gasteiger charge is 2.34. The third-order valence-corrected chi connectivity index (χ3v) is 4.86. The number of anilines is 1. The zero-order valence-electron chi connectivity index (χ0n) is 12.0. The van der Waals surface area contributed by atoms with E-state index in [2.05, 4.69) is 34.7 Å². The van der Waals surface area contributed by atoms with Gasteiger partial charge in [0, 0.05) is 12.5 Å². The standard InChI is InChI=1S/C13H22N4O2S/c1-3-9(4-2)10-16-17-12(20-10)15-11(18)14-8-13(19)6-5-7-13/h9,19H,3-8H2,1-2H3,(H2,14,15,17,18). The highest BCUT2D eigenvalue weighted by Crippen LogP contribution is 2.31. The first kappa shape index (κ1) is 15.2. The second kappa shape index (κ2) is 6.49. The van der Waals surface area contributed by atoms with Crippen molar-refractivity contribution in [2.24, 2.45) is 0 Å². The summed E-state index contributed by atoms with van der Waals surface area (Å²) >= 11 is 1.41. The fourth-order valence-electron chi connectivity index (χ4n) is 2.24. The van der Waals surface area contributed by atoms with Gasteiger partial charge in [0.1, 0.15) is 5.01 Å². The minimum absolute atomic E-state index is 0.289. The van der Waals surface area contributed by atoms with Crippen LogP contribution in [0, 0.1) is 0 Å². The second-order valence-electron chi connectivity index (χ2n) is 5.34. The van der Waals surface area contributed by atoms with Gasteiger partial charge in [0.2, 0.25) is 5.13 Å². The maximum Gasteiger partial charge on any atom is 0.321 e. The van der Waals surface area contributed by atoms with E-state index in [4.69, 9.17) is 0 Å². The second-order valence-corrected chi connectivity index (χ2v) is 6.35. The minimum Gasteiger partial charge on any atom is -0.388 e. The SMILES string of the molecule is CCC(CC)c1nnc(NC(=O)NCC2(O)CCC2)s1. The van der Waals surface area contributed by atoms with E-state index in [1.165, 1.54) is 11.3 Å². The Hall–Kier alpha value is -1.21. The molecule has 20 heavy (non-hydrogen) atoms. The lowest BCUT2D eigenvalue weighted by Gasteiger charge is -2.36. The summed E-state index contributed by atoms with van der Waals surface area (Å²) in [6, 6.07) is -0.336. The molecule has 0 unspecified atom stereocenters. The number of amides is 2. The van der Waals surface area contributed by atoms with Crippen molar-refractivity contribution in [2.75, 3.05) is 11.9 Å². The molecule has 2 rings (SSSR count). The number of carbonyl (C=O) groups is 1. The van der Waals surface area contributed by atoms with Gasteiger partial charge in [0.15, 0.2) is 0 Å². The topological polar surface area (TPSA) is 87.1 Å². The first-order valence-electron chi connectivity index (χ1n) is 7.17. The van der Waals surface area contributed by atoms with Crippen molar-refractivity contribution in [3.8, 4) is 0 Å². The summed E-state index contributed by atoms with van der Waals surface area (Å²) in [7, 11) is 0. The van der Waals surface area contributed by atoms with Crippen molar-refractivity contribution in [1.82, 2.24) is 15.5 Å². The number of nitrogens with one attached hydrogen (secondary N) is 2. The summed E-state index contributed by atoms with van der Waals surface area (Å²) < 4.78 is 0. The fourth-order valence-corrected chi connectivity index (χ4v) is 3.24. The zero-order valence-corrected chi connectivity index (χ0v) is 12.8. The van der Waals surface area contributed by atoms with E-state index < -0.39 is 5.60 Å². The molecule has 0 saturated heterocycles. The molecule has 1 aromatic heterocycles. The van der Waals surface area contributed by atoms with Gasteiger partial charge in [-0.2, -0.15) is 0 Å². The van der Waals surface area contributed by atoms with E-state index >= 15 is 0 Å². The first-order valence-corrected chi connectivity index (χ1v) is 7.98. The number of carbonyl (C=O) groups excluding carboxylic acids is 1. The zero-order chi connectivity index (χ0) is 14.6. The van der Waals surface area contributed by atoms with Gasteiger partial charge in [-0.15, -0.1) is 10.2 Å². The van der Waals surface area contributed by atoms with Crippen molar-refractivity contribution in [3.63, 3.8) is 0 Å². The Bertz CT molecular complexity index is 455. The van der Waals surface area contributed by atoms with Gasteiger partial charge in [0.25, 0.3) is 0 Å². The van der Waals surface area contributed by atoms with Crippen LogP contribution < -0.4 is 10.6 Å². The number of aliphatic hydroxyl groups is 1. The predicted molar refractivity (Wildman–Crippen MR) is 79.1 cm³/mol. The molecule has 6 nitrogen and oxygen atoms in total. The summed E-state index contributed by atoms with van der Waals surface area (Å²) in [6.45, 7) is 4.53. The highest BCUT2D eigenvalue weighted by molar-refractivity contribution is 7.15. The van der Waals surface area contributed by atoms with Crippen LogP contribution in [0.4, 0.5) is 9.93 Å². The number of aromatic nitrogens is 2. The summed E-state index contributed by atoms with van der Waals surface area (Å²) in [5, 5.41) is 24.8. The monoisotopic (exact) mass is 298 g/mol. The van der Waals surface area contributed by atoms with Gasteiger partial charge >= 0.3 is 6.03 Å². The molecule has 1 aliphatic carbocycles. The van der Waals surface area contributed by atoms with Crippen molar-refractivity contribution in [1.29, 1.82) is 0 Å². The van der Waals surface area contributed by atoms with E-state index in [0.717, 1.165) is 37.1 Å². The Morgan fingerprint density at radius 3 is 2.65 bits per heavy atom. The fraction of sp³-hybridized carbons (Fsp3) is 0.769. The Morgan fingerprint density at radius 2 is 2.10 bits per heavy atom. The van der Waals surface area contributed by atoms with E-state index in [0.29, 0.717) is 11.0 Å². The van der Waals surface area contributed by atoms with Gasteiger partial charge in [-0.3, -0.25) is 5.32 Å². The molecule has 2 amide bonds. The molecule has 1 saturated carbocycles. The summed E-state index contributed by atoms with van der Waals surface area (Å²) in [6.07, 6.45) is 4.57. The molecule has 0 aliphatic heterocycles. The quantitative estimate of drug-likeness (QED) is 0.753. The lowest BCUT2D eigenvalue weighted by molar-refractivity contribution is -0.0287. The van der Waals surface area contributed by atoms with Crippen molar-refractivity contribution in [2.45, 2.75) is 57.5 Å². The van der Waals surface area contributed by atoms with Crippen LogP contribution in [-0.4, -0.2) is 33.5 Å². The van der Waals surface area contributed by atoms with Gasteiger partial charge in [-0.25, -0.2) is 4.79 Å². The first-order chi connectivity index (χ1) is 9.56. The Kier molecular flexibility index (Phi) is 4.93. The van der Waals surface area contributed by atoms with E-state index in [9.17, 15) is 9.90 Å². The van der Waals surface area contributed by atoms with Crippen LogP contribution in [0.15, 0.2) is 0 Å².